The number of likely N-dealkylation sites (tertiary alicyclic amines) is 1. The number of carbonyl (C=O) groups excluding carboxylic acids is 3. The van der Waals surface area contributed by atoms with Crippen LogP contribution in [0.2, 0.25) is 0 Å². The second-order valence-corrected chi connectivity index (χ2v) is 9.70. The van der Waals surface area contributed by atoms with Crippen LogP contribution in [0.15, 0.2) is 24.3 Å². The largest absolute Gasteiger partial charge is 0.324 e. The zero-order valence-electron chi connectivity index (χ0n) is 14.5. The Hall–Kier alpha value is -1.21. The highest BCUT2D eigenvalue weighted by molar-refractivity contribution is 9.12. The summed E-state index contributed by atoms with van der Waals surface area (Å²) in [6.07, 6.45) is 0.885. The number of hydrogen-bond acceptors (Lipinski definition) is 3. The standard InChI is InChI=1S/C19H20Br2N2O3/c1-8-3-5-10(6-4-8)22-17(24)9(2)23-18(25)13-11-7-12(14(13)19(23)26)16(21)15(11)20/h3-6,9,11-16H,7H2,1-2H3,(H,22,24)/t9-,11+,12+,13-,14+,15-,16+/m1/s1. The van der Waals surface area contributed by atoms with Gasteiger partial charge in [-0.15, -0.1) is 0 Å². The van der Waals surface area contributed by atoms with Gasteiger partial charge in [0.15, 0.2) is 0 Å². The third kappa shape index (κ3) is 2.58. The lowest BCUT2D eigenvalue weighted by atomic mass is 9.81. The fourth-order valence-electron chi connectivity index (χ4n) is 4.75. The molecule has 0 spiro atoms. The van der Waals surface area contributed by atoms with E-state index in [9.17, 15) is 14.4 Å². The van der Waals surface area contributed by atoms with Gasteiger partial charge < -0.3 is 5.32 Å². The second kappa shape index (κ2) is 6.44. The first-order chi connectivity index (χ1) is 12.3. The highest BCUT2D eigenvalue weighted by Gasteiger charge is 2.67. The number of hydrogen-bond donors (Lipinski definition) is 1. The third-order valence-electron chi connectivity index (χ3n) is 6.11. The van der Waals surface area contributed by atoms with Gasteiger partial charge in [0.25, 0.3) is 0 Å². The maximum atomic E-state index is 13.0. The predicted molar refractivity (Wildman–Crippen MR) is 105 cm³/mol. The van der Waals surface area contributed by atoms with Crippen molar-refractivity contribution in [2.75, 3.05) is 5.32 Å². The molecule has 0 radical (unpaired) electrons. The van der Waals surface area contributed by atoms with E-state index in [1.807, 2.05) is 31.2 Å². The van der Waals surface area contributed by atoms with Gasteiger partial charge in [0.2, 0.25) is 17.7 Å². The van der Waals surface area contributed by atoms with Crippen molar-refractivity contribution < 1.29 is 14.4 Å². The highest BCUT2D eigenvalue weighted by atomic mass is 79.9. The van der Waals surface area contributed by atoms with E-state index in [1.54, 1.807) is 6.92 Å². The van der Waals surface area contributed by atoms with Crippen LogP contribution in [0.1, 0.15) is 18.9 Å². The van der Waals surface area contributed by atoms with E-state index >= 15 is 0 Å². The van der Waals surface area contributed by atoms with E-state index in [0.29, 0.717) is 5.69 Å². The van der Waals surface area contributed by atoms with Crippen LogP contribution < -0.4 is 5.32 Å². The van der Waals surface area contributed by atoms with Crippen molar-refractivity contribution in [3.8, 4) is 0 Å². The Balaban J connectivity index is 1.53. The number of aryl methyl sites for hydroxylation is 1. The van der Waals surface area contributed by atoms with Crippen molar-refractivity contribution in [3.05, 3.63) is 29.8 Å². The van der Waals surface area contributed by atoms with Crippen molar-refractivity contribution in [2.45, 2.75) is 36.0 Å². The fourth-order valence-corrected chi connectivity index (χ4v) is 6.63. The van der Waals surface area contributed by atoms with Crippen LogP contribution in [-0.2, 0) is 14.4 Å². The number of anilines is 1. The summed E-state index contributed by atoms with van der Waals surface area (Å²) in [4.78, 5) is 40.2. The fraction of sp³-hybridized carbons (Fsp3) is 0.526. The Labute approximate surface area is 169 Å². The molecule has 3 fully saturated rings. The van der Waals surface area contributed by atoms with Crippen molar-refractivity contribution in [1.82, 2.24) is 4.90 Å². The molecule has 7 atom stereocenters. The summed E-state index contributed by atoms with van der Waals surface area (Å²) in [7, 11) is 0. The molecule has 0 aromatic heterocycles. The molecule has 2 bridgehead atoms. The molecule has 1 saturated heterocycles. The van der Waals surface area contributed by atoms with E-state index in [0.717, 1.165) is 12.0 Å². The van der Waals surface area contributed by atoms with Gasteiger partial charge in [-0.1, -0.05) is 49.6 Å². The maximum absolute atomic E-state index is 13.0. The number of alkyl halides is 2. The zero-order valence-corrected chi connectivity index (χ0v) is 17.7. The lowest BCUT2D eigenvalue weighted by Gasteiger charge is -2.28. The van der Waals surface area contributed by atoms with Crippen molar-refractivity contribution in [1.29, 1.82) is 0 Å². The van der Waals surface area contributed by atoms with Crippen molar-refractivity contribution in [2.24, 2.45) is 23.7 Å². The quantitative estimate of drug-likeness (QED) is 0.530. The molecular weight excluding hydrogens is 464 g/mol. The number of halogens is 2. The SMILES string of the molecule is Cc1ccc(NC(=O)[C@@H](C)N2C(=O)[C@@H]3[C@@H]4C[C@H]([C@H](Br)[C@@H]4Br)[C@@H]3C2=O)cc1. The topological polar surface area (TPSA) is 66.5 Å². The molecular formula is C19H20Br2N2O3. The van der Waals surface area contributed by atoms with Crippen LogP contribution in [0.5, 0.6) is 0 Å². The van der Waals surface area contributed by atoms with Gasteiger partial charge in [-0.3, -0.25) is 19.3 Å². The molecule has 4 rings (SSSR count). The number of amides is 3. The Morgan fingerprint density at radius 2 is 1.58 bits per heavy atom. The summed E-state index contributed by atoms with van der Waals surface area (Å²) in [5, 5.41) is 2.80. The van der Waals surface area contributed by atoms with Crippen LogP contribution in [0.3, 0.4) is 0 Å². The normalized spacial score (nSPS) is 36.4. The van der Waals surface area contributed by atoms with Gasteiger partial charge in [0, 0.05) is 15.3 Å². The Bertz CT molecular complexity index is 749. The summed E-state index contributed by atoms with van der Waals surface area (Å²) in [6.45, 7) is 3.59. The predicted octanol–water partition coefficient (Wildman–Crippen LogP) is 3.10. The zero-order chi connectivity index (χ0) is 18.7. The smallest absolute Gasteiger partial charge is 0.247 e. The summed E-state index contributed by atoms with van der Waals surface area (Å²) < 4.78 is 0. The molecule has 3 amide bonds. The van der Waals surface area contributed by atoms with E-state index in [2.05, 4.69) is 37.2 Å². The van der Waals surface area contributed by atoms with Crippen LogP contribution in [0.4, 0.5) is 5.69 Å². The molecule has 1 aliphatic heterocycles. The van der Waals surface area contributed by atoms with Crippen molar-refractivity contribution >= 4 is 55.3 Å². The second-order valence-electron chi connectivity index (χ2n) is 7.58. The molecule has 26 heavy (non-hydrogen) atoms. The van der Waals surface area contributed by atoms with E-state index in [-0.39, 0.29) is 51.0 Å². The number of imide groups is 1. The number of nitrogens with one attached hydrogen (secondary N) is 1. The molecule has 3 aliphatic rings. The van der Waals surface area contributed by atoms with Crippen LogP contribution in [0.25, 0.3) is 0 Å². The van der Waals surface area contributed by atoms with E-state index in [1.165, 1.54) is 4.90 Å². The van der Waals surface area contributed by atoms with Gasteiger partial charge in [0.05, 0.1) is 11.8 Å². The first kappa shape index (κ1) is 18.2. The minimum Gasteiger partial charge on any atom is -0.324 e. The van der Waals surface area contributed by atoms with Gasteiger partial charge in [-0.05, 0) is 44.2 Å². The Morgan fingerprint density at radius 1 is 1.08 bits per heavy atom. The van der Waals surface area contributed by atoms with Crippen LogP contribution in [0, 0.1) is 30.6 Å². The van der Waals surface area contributed by atoms with Gasteiger partial charge in [-0.25, -0.2) is 0 Å². The number of benzene rings is 1. The van der Waals surface area contributed by atoms with E-state index in [4.69, 9.17) is 0 Å². The summed E-state index contributed by atoms with van der Waals surface area (Å²) in [5.41, 5.74) is 1.76. The Morgan fingerprint density at radius 3 is 2.08 bits per heavy atom. The van der Waals surface area contributed by atoms with Gasteiger partial charge >= 0.3 is 0 Å². The lowest BCUT2D eigenvalue weighted by Crippen LogP contribution is -2.46. The number of rotatable bonds is 3. The molecule has 1 heterocycles. The highest BCUT2D eigenvalue weighted by Crippen LogP contribution is 2.60. The number of nitrogens with zero attached hydrogens (tertiary/aromatic N) is 1. The number of carbonyl (C=O) groups is 3. The van der Waals surface area contributed by atoms with Crippen LogP contribution in [-0.4, -0.2) is 38.3 Å². The third-order valence-corrected chi connectivity index (χ3v) is 9.31. The molecule has 2 saturated carbocycles. The first-order valence-electron chi connectivity index (χ1n) is 8.84. The molecule has 0 unspecified atom stereocenters. The lowest BCUT2D eigenvalue weighted by molar-refractivity contribution is -0.146. The molecule has 2 aliphatic carbocycles. The maximum Gasteiger partial charge on any atom is 0.247 e. The molecule has 7 heteroatoms. The minimum atomic E-state index is -0.816. The Kier molecular flexibility index (Phi) is 4.50. The molecule has 5 nitrogen and oxygen atoms in total. The number of fused-ring (bicyclic) bond motifs is 5. The summed E-state index contributed by atoms with van der Waals surface area (Å²) in [5.74, 6) is -0.994. The molecule has 1 N–H and O–H groups in total. The monoisotopic (exact) mass is 482 g/mol. The van der Waals surface area contributed by atoms with Crippen molar-refractivity contribution in [3.63, 3.8) is 0 Å². The summed E-state index contributed by atoms with van der Waals surface area (Å²) in [6, 6.07) is 6.62. The average molecular weight is 484 g/mol. The molecule has 138 valence electrons. The minimum absolute atomic E-state index is 0.156. The van der Waals surface area contributed by atoms with E-state index < -0.39 is 6.04 Å². The average Bonchev–Trinajstić information content (AvgIpc) is 3.21. The molecule has 1 aromatic carbocycles. The summed E-state index contributed by atoms with van der Waals surface area (Å²) >= 11 is 7.34. The van der Waals surface area contributed by atoms with Gasteiger partial charge in [-0.2, -0.15) is 0 Å². The first-order valence-corrected chi connectivity index (χ1v) is 10.7. The molecule has 1 aromatic rings. The van der Waals surface area contributed by atoms with Crippen LogP contribution >= 0.6 is 31.9 Å². The van der Waals surface area contributed by atoms with Gasteiger partial charge in [0.1, 0.15) is 6.04 Å².